The molecule has 35 heavy (non-hydrogen) atoms. The van der Waals surface area contributed by atoms with E-state index in [4.69, 9.17) is 0 Å². The topological polar surface area (TPSA) is 90.5 Å². The van der Waals surface area contributed by atoms with Crippen molar-refractivity contribution in [3.8, 4) is 0 Å². The van der Waals surface area contributed by atoms with Gasteiger partial charge in [-0.3, -0.25) is 14.5 Å². The number of hydrogen-bond donors (Lipinski definition) is 2. The van der Waals surface area contributed by atoms with Crippen molar-refractivity contribution >= 4 is 28.8 Å². The Bertz CT molecular complexity index is 1070. The lowest BCUT2D eigenvalue weighted by molar-refractivity contribution is -0.121. The molecule has 2 N–H and O–H groups in total. The number of nitrogens with one attached hydrogen (secondary N) is 2. The molecule has 1 saturated heterocycles. The van der Waals surface area contributed by atoms with Gasteiger partial charge >= 0.3 is 0 Å². The van der Waals surface area contributed by atoms with Crippen molar-refractivity contribution in [3.63, 3.8) is 0 Å². The molecule has 0 radical (unpaired) electrons. The van der Waals surface area contributed by atoms with Gasteiger partial charge in [-0.1, -0.05) is 59.9 Å². The zero-order chi connectivity index (χ0) is 24.3. The second-order valence-corrected chi connectivity index (χ2v) is 9.69. The molecule has 0 saturated carbocycles. The molecule has 0 unspecified atom stereocenters. The lowest BCUT2D eigenvalue weighted by atomic mass is 10.2. The van der Waals surface area contributed by atoms with E-state index < -0.39 is 0 Å². The second kappa shape index (κ2) is 13.1. The number of carbonyl (C=O) groups is 2. The van der Waals surface area contributed by atoms with E-state index >= 15 is 0 Å². The summed E-state index contributed by atoms with van der Waals surface area (Å²) in [7, 11) is 0. The third-order valence-corrected chi connectivity index (χ3v) is 6.93. The smallest absolute Gasteiger partial charge is 0.286 e. The van der Waals surface area contributed by atoms with Crippen LogP contribution in [0.4, 0.5) is 5.69 Å². The fraction of sp³-hybridized carbons (Fsp3) is 0.385. The average molecular weight is 493 g/mol. The van der Waals surface area contributed by atoms with E-state index in [2.05, 4.69) is 61.0 Å². The number of anilines is 1. The third kappa shape index (κ3) is 8.24. The Kier molecular flexibility index (Phi) is 9.33. The van der Waals surface area contributed by atoms with Crippen molar-refractivity contribution in [2.75, 3.05) is 44.6 Å². The molecule has 0 aliphatic carbocycles. The second-order valence-electron chi connectivity index (χ2n) is 8.63. The fourth-order valence-electron chi connectivity index (χ4n) is 4.00. The molecule has 184 valence electrons. The molecule has 9 heteroatoms. The number of nitrogens with zero attached hydrogens (tertiary/aromatic N) is 4. The molecular weight excluding hydrogens is 460 g/mol. The Labute approximate surface area is 210 Å². The first kappa shape index (κ1) is 25.0. The Morgan fingerprint density at radius 2 is 1.57 bits per heavy atom. The number of para-hydroxylation sites is 1. The predicted molar refractivity (Wildman–Crippen MR) is 138 cm³/mol. The van der Waals surface area contributed by atoms with Gasteiger partial charge in [0, 0.05) is 57.8 Å². The Hall–Kier alpha value is -3.14. The van der Waals surface area contributed by atoms with Gasteiger partial charge in [0.05, 0.1) is 0 Å². The summed E-state index contributed by atoms with van der Waals surface area (Å²) in [5, 5.41) is 14.8. The summed E-state index contributed by atoms with van der Waals surface area (Å²) < 4.78 is 0. The fourth-order valence-corrected chi connectivity index (χ4v) is 4.74. The van der Waals surface area contributed by atoms with Gasteiger partial charge in [-0.15, -0.1) is 10.2 Å². The van der Waals surface area contributed by atoms with Gasteiger partial charge < -0.3 is 15.5 Å². The van der Waals surface area contributed by atoms with Gasteiger partial charge in [0.15, 0.2) is 0 Å². The van der Waals surface area contributed by atoms with Crippen LogP contribution in [0.15, 0.2) is 60.7 Å². The Morgan fingerprint density at radius 1 is 0.886 bits per heavy atom. The van der Waals surface area contributed by atoms with E-state index in [0.717, 1.165) is 45.7 Å². The van der Waals surface area contributed by atoms with Crippen LogP contribution < -0.4 is 10.6 Å². The monoisotopic (exact) mass is 492 g/mol. The quantitative estimate of drug-likeness (QED) is 0.400. The summed E-state index contributed by atoms with van der Waals surface area (Å²) in [4.78, 5) is 29.5. The number of aryl methyl sites for hydroxylation is 1. The van der Waals surface area contributed by atoms with Crippen molar-refractivity contribution in [3.05, 3.63) is 76.2 Å². The largest absolute Gasteiger partial charge is 0.356 e. The maximum Gasteiger partial charge on any atom is 0.286 e. The van der Waals surface area contributed by atoms with E-state index in [1.165, 1.54) is 16.9 Å². The van der Waals surface area contributed by atoms with E-state index in [-0.39, 0.29) is 11.8 Å². The predicted octanol–water partition coefficient (Wildman–Crippen LogP) is 3.05. The lowest BCUT2D eigenvalue weighted by Gasteiger charge is -2.34. The summed E-state index contributed by atoms with van der Waals surface area (Å²) in [5.74, 6) is -0.284. The molecule has 3 aromatic rings. The molecule has 0 atom stereocenters. The van der Waals surface area contributed by atoms with Crippen molar-refractivity contribution in [1.82, 2.24) is 25.3 Å². The van der Waals surface area contributed by atoms with Crippen LogP contribution in [0, 0.1) is 0 Å². The van der Waals surface area contributed by atoms with Crippen LogP contribution in [0.3, 0.4) is 0 Å². The first-order valence-corrected chi connectivity index (χ1v) is 12.9. The zero-order valence-corrected chi connectivity index (χ0v) is 20.7. The molecule has 8 nitrogen and oxygen atoms in total. The van der Waals surface area contributed by atoms with Crippen LogP contribution in [0.2, 0.25) is 0 Å². The van der Waals surface area contributed by atoms with E-state index in [9.17, 15) is 9.59 Å². The highest BCUT2D eigenvalue weighted by Crippen LogP contribution is 2.14. The summed E-state index contributed by atoms with van der Waals surface area (Å²) >= 11 is 1.22. The molecule has 4 rings (SSSR count). The minimum atomic E-state index is -0.287. The molecule has 1 aromatic heterocycles. The summed E-state index contributed by atoms with van der Waals surface area (Å²) in [6, 6.07) is 19.8. The zero-order valence-electron chi connectivity index (χ0n) is 19.9. The molecule has 2 aromatic carbocycles. The standard InChI is InChI=1S/C26H32N6O2S/c33-23(12-13-24-29-30-26(35-24)25(34)28-22-10-5-2-6-11-22)27-14-7-15-31-16-18-32(19-17-31)20-21-8-3-1-4-9-21/h1-6,8-11H,7,12-20H2,(H,27,33)(H,28,34). The Balaban J connectivity index is 1.07. The van der Waals surface area contributed by atoms with Gasteiger partial charge in [-0.2, -0.15) is 0 Å². The summed E-state index contributed by atoms with van der Waals surface area (Å²) in [6.45, 7) is 6.97. The van der Waals surface area contributed by atoms with Crippen LogP contribution in [-0.4, -0.2) is 71.1 Å². The van der Waals surface area contributed by atoms with Crippen LogP contribution in [-0.2, 0) is 17.8 Å². The first-order valence-electron chi connectivity index (χ1n) is 12.1. The lowest BCUT2D eigenvalue weighted by Crippen LogP contribution is -2.46. The number of hydrogen-bond acceptors (Lipinski definition) is 7. The van der Waals surface area contributed by atoms with Gasteiger partial charge in [-0.05, 0) is 30.7 Å². The SMILES string of the molecule is O=C(CCc1nnc(C(=O)Nc2ccccc2)s1)NCCCN1CCN(Cc2ccccc2)CC1. The highest BCUT2D eigenvalue weighted by Gasteiger charge is 2.17. The molecule has 0 spiro atoms. The molecular formula is C26H32N6O2S. The maximum absolute atomic E-state index is 12.3. The third-order valence-electron chi connectivity index (χ3n) is 5.95. The highest BCUT2D eigenvalue weighted by molar-refractivity contribution is 7.13. The van der Waals surface area contributed by atoms with Crippen LogP contribution in [0.5, 0.6) is 0 Å². The van der Waals surface area contributed by atoms with Gasteiger partial charge in [0.2, 0.25) is 10.9 Å². The molecule has 2 amide bonds. The minimum absolute atomic E-state index is 0.00293. The van der Waals surface area contributed by atoms with Crippen molar-refractivity contribution in [2.45, 2.75) is 25.8 Å². The molecule has 1 aliphatic heterocycles. The van der Waals surface area contributed by atoms with E-state index in [1.54, 1.807) is 0 Å². The van der Waals surface area contributed by atoms with Crippen LogP contribution >= 0.6 is 11.3 Å². The molecule has 1 fully saturated rings. The number of carbonyl (C=O) groups excluding carboxylic acids is 2. The number of rotatable bonds is 11. The number of piperazine rings is 1. The molecule has 0 bridgehead atoms. The Morgan fingerprint density at radius 3 is 2.31 bits per heavy atom. The van der Waals surface area contributed by atoms with Crippen molar-refractivity contribution in [1.29, 1.82) is 0 Å². The number of aromatic nitrogens is 2. The van der Waals surface area contributed by atoms with Gasteiger partial charge in [0.1, 0.15) is 5.01 Å². The van der Waals surface area contributed by atoms with E-state index in [1.807, 2.05) is 30.3 Å². The maximum atomic E-state index is 12.3. The van der Waals surface area contributed by atoms with Crippen molar-refractivity contribution in [2.24, 2.45) is 0 Å². The minimum Gasteiger partial charge on any atom is -0.356 e. The number of benzene rings is 2. The summed E-state index contributed by atoms with van der Waals surface area (Å²) in [6.07, 6.45) is 1.76. The normalized spacial score (nSPS) is 14.5. The number of amides is 2. The first-order chi connectivity index (χ1) is 17.2. The highest BCUT2D eigenvalue weighted by atomic mass is 32.1. The average Bonchev–Trinajstić information content (AvgIpc) is 3.37. The van der Waals surface area contributed by atoms with Gasteiger partial charge in [-0.25, -0.2) is 0 Å². The van der Waals surface area contributed by atoms with E-state index in [0.29, 0.717) is 35.1 Å². The van der Waals surface area contributed by atoms with Crippen LogP contribution in [0.1, 0.15) is 33.2 Å². The van der Waals surface area contributed by atoms with Crippen molar-refractivity contribution < 1.29 is 9.59 Å². The molecule has 1 aliphatic rings. The van der Waals surface area contributed by atoms with Gasteiger partial charge in [0.25, 0.3) is 5.91 Å². The summed E-state index contributed by atoms with van der Waals surface area (Å²) in [5.41, 5.74) is 2.08. The van der Waals surface area contributed by atoms with Crippen LogP contribution in [0.25, 0.3) is 0 Å². The molecule has 2 heterocycles.